The van der Waals surface area contributed by atoms with Gasteiger partial charge in [0.25, 0.3) is 5.56 Å². The number of halogens is 7. The van der Waals surface area contributed by atoms with Gasteiger partial charge in [-0.05, 0) is 31.4 Å². The van der Waals surface area contributed by atoms with Crippen LogP contribution in [0.5, 0.6) is 0 Å². The summed E-state index contributed by atoms with van der Waals surface area (Å²) in [4.78, 5) is 30.0. The lowest BCUT2D eigenvalue weighted by molar-refractivity contribution is -0.137. The number of H-pyrrole nitrogens is 1. The maximum atomic E-state index is 15.4. The van der Waals surface area contributed by atoms with Gasteiger partial charge in [0.1, 0.15) is 17.5 Å². The molecule has 0 spiro atoms. The molecule has 2 N–H and O–H groups in total. The molecule has 0 atom stereocenters. The Morgan fingerprint density at radius 3 is 2.49 bits per heavy atom. The van der Waals surface area contributed by atoms with E-state index in [2.05, 4.69) is 10.3 Å². The van der Waals surface area contributed by atoms with E-state index < -0.39 is 70.2 Å². The lowest BCUT2D eigenvalue weighted by Crippen LogP contribution is -2.42. The van der Waals surface area contributed by atoms with Crippen molar-refractivity contribution in [2.75, 3.05) is 0 Å². The van der Waals surface area contributed by atoms with Crippen molar-refractivity contribution in [1.29, 1.82) is 0 Å². The highest BCUT2D eigenvalue weighted by Gasteiger charge is 2.38. The molecule has 4 rings (SSSR count). The Morgan fingerprint density at radius 2 is 1.82 bits per heavy atom. The molecule has 1 aliphatic rings. The van der Waals surface area contributed by atoms with E-state index in [0.29, 0.717) is 18.9 Å². The van der Waals surface area contributed by atoms with Crippen LogP contribution in [0.3, 0.4) is 0 Å². The molecule has 1 saturated carbocycles. The Bertz CT molecular complexity index is 1450. The second-order valence-corrected chi connectivity index (χ2v) is 9.43. The van der Waals surface area contributed by atoms with Crippen molar-refractivity contribution in [3.05, 3.63) is 85.5 Å². The Balaban J connectivity index is 1.44. The lowest BCUT2D eigenvalue weighted by Gasteiger charge is -2.34. The third-order valence-electron chi connectivity index (χ3n) is 6.46. The minimum atomic E-state index is -5.01. The number of nitrogens with zero attached hydrogens (tertiary/aromatic N) is 1. The van der Waals surface area contributed by atoms with Gasteiger partial charge in [-0.15, -0.1) is 0 Å². The number of nitrogens with one attached hydrogen (secondary N) is 2. The van der Waals surface area contributed by atoms with Crippen LogP contribution in [-0.4, -0.2) is 22.0 Å². The molecule has 208 valence electrons. The summed E-state index contributed by atoms with van der Waals surface area (Å²) >= 11 is 5.74. The van der Waals surface area contributed by atoms with Gasteiger partial charge >= 0.3 is 6.18 Å². The van der Waals surface area contributed by atoms with Crippen LogP contribution in [0.4, 0.5) is 26.3 Å². The van der Waals surface area contributed by atoms with Crippen LogP contribution >= 0.6 is 11.6 Å². The molecule has 1 aliphatic carbocycles. The minimum Gasteiger partial charge on any atom is -0.373 e. The first kappa shape index (κ1) is 28.6. The molecular weight excluding hydrogens is 552 g/mol. The fraction of sp³-hybridized carbons (Fsp3) is 0.346. The van der Waals surface area contributed by atoms with E-state index in [0.717, 1.165) is 6.07 Å². The van der Waals surface area contributed by atoms with Gasteiger partial charge in [-0.1, -0.05) is 36.7 Å². The second-order valence-electron chi connectivity index (χ2n) is 9.02. The molecular formula is C26H22ClF6N3O3. The number of amides is 1. The standard InChI is InChI=1S/C26H22ClF6N3O3/c1-2-18-22(30)25(38)36-23(35-18)19-16(26(31,32)33)7-6-12(21(19)29)10-34-24(37)14-8-15(9-14)39-11-13-4-3-5-17(27)20(13)28/h3-7,14-15H,2,8-11H2,1H3,(H,34,37)(H,35,36,38)/t14-,15-. The van der Waals surface area contributed by atoms with E-state index in [1.165, 1.54) is 19.1 Å². The summed E-state index contributed by atoms with van der Waals surface area (Å²) in [6, 6.07) is 5.99. The summed E-state index contributed by atoms with van der Waals surface area (Å²) in [5.41, 5.74) is -4.23. The summed E-state index contributed by atoms with van der Waals surface area (Å²) in [6.07, 6.45) is -4.80. The SMILES string of the molecule is CCc1nc(-c2c(C(F)(F)F)ccc(CNC(=O)[C@H]3C[C@H](OCc4cccc(Cl)c4F)C3)c2F)[nH]c(=O)c1F. The van der Waals surface area contributed by atoms with Crippen LogP contribution in [0, 0.1) is 23.4 Å². The van der Waals surface area contributed by atoms with Crippen molar-refractivity contribution >= 4 is 17.5 Å². The van der Waals surface area contributed by atoms with Gasteiger partial charge in [-0.3, -0.25) is 9.59 Å². The number of rotatable bonds is 8. The molecule has 0 saturated heterocycles. The summed E-state index contributed by atoms with van der Waals surface area (Å²) in [5.74, 6) is -4.94. The molecule has 0 unspecified atom stereocenters. The Morgan fingerprint density at radius 1 is 1.10 bits per heavy atom. The summed E-state index contributed by atoms with van der Waals surface area (Å²) < 4.78 is 89.9. The van der Waals surface area contributed by atoms with Crippen LogP contribution < -0.4 is 10.9 Å². The first-order valence-electron chi connectivity index (χ1n) is 11.9. The normalized spacial score (nSPS) is 17.1. The Hall–Kier alpha value is -3.38. The molecule has 1 heterocycles. The van der Waals surface area contributed by atoms with E-state index in [-0.39, 0.29) is 35.3 Å². The molecule has 6 nitrogen and oxygen atoms in total. The second kappa shape index (κ2) is 11.4. The maximum Gasteiger partial charge on any atom is 0.417 e. The number of benzene rings is 2. The average molecular weight is 574 g/mol. The topological polar surface area (TPSA) is 84.1 Å². The smallest absolute Gasteiger partial charge is 0.373 e. The third-order valence-corrected chi connectivity index (χ3v) is 6.75. The third kappa shape index (κ3) is 6.11. The number of carbonyl (C=O) groups is 1. The van der Waals surface area contributed by atoms with Crippen LogP contribution in [-0.2, 0) is 35.3 Å². The van der Waals surface area contributed by atoms with Gasteiger partial charge in [0.2, 0.25) is 11.7 Å². The summed E-state index contributed by atoms with van der Waals surface area (Å²) in [7, 11) is 0. The number of hydrogen-bond acceptors (Lipinski definition) is 4. The van der Waals surface area contributed by atoms with Crippen molar-refractivity contribution in [3.63, 3.8) is 0 Å². The van der Waals surface area contributed by atoms with Crippen molar-refractivity contribution in [1.82, 2.24) is 15.3 Å². The number of aromatic nitrogens is 2. The molecule has 0 bridgehead atoms. The molecule has 1 fully saturated rings. The quantitative estimate of drug-likeness (QED) is 0.339. The zero-order chi connectivity index (χ0) is 28.5. The molecule has 1 aromatic heterocycles. The number of ether oxygens (including phenoxy) is 1. The number of hydrogen-bond donors (Lipinski definition) is 2. The van der Waals surface area contributed by atoms with Crippen LogP contribution in [0.2, 0.25) is 5.02 Å². The zero-order valence-corrected chi connectivity index (χ0v) is 21.2. The van der Waals surface area contributed by atoms with Gasteiger partial charge in [0, 0.05) is 23.6 Å². The number of alkyl halides is 3. The summed E-state index contributed by atoms with van der Waals surface area (Å²) in [6.45, 7) is 0.953. The van der Waals surface area contributed by atoms with Crippen LogP contribution in [0.1, 0.15) is 42.1 Å². The largest absolute Gasteiger partial charge is 0.417 e. The highest BCUT2D eigenvalue weighted by Crippen LogP contribution is 2.38. The molecule has 1 amide bonds. The highest BCUT2D eigenvalue weighted by atomic mass is 35.5. The highest BCUT2D eigenvalue weighted by molar-refractivity contribution is 6.30. The van der Waals surface area contributed by atoms with Crippen LogP contribution in [0.25, 0.3) is 11.4 Å². The molecule has 0 radical (unpaired) electrons. The predicted octanol–water partition coefficient (Wildman–Crippen LogP) is 5.70. The van der Waals surface area contributed by atoms with Crippen molar-refractivity contribution in [2.24, 2.45) is 5.92 Å². The summed E-state index contributed by atoms with van der Waals surface area (Å²) in [5, 5.41) is 2.45. The first-order chi connectivity index (χ1) is 18.4. The average Bonchev–Trinajstić information content (AvgIpc) is 2.85. The Kier molecular flexibility index (Phi) is 8.36. The van der Waals surface area contributed by atoms with E-state index in [4.69, 9.17) is 16.3 Å². The van der Waals surface area contributed by atoms with Gasteiger partial charge in [0.05, 0.1) is 34.6 Å². The number of aryl methyl sites for hydroxylation is 1. The predicted molar refractivity (Wildman–Crippen MR) is 129 cm³/mol. The minimum absolute atomic E-state index is 0.0343. The number of aromatic amines is 1. The van der Waals surface area contributed by atoms with Crippen molar-refractivity contribution in [3.8, 4) is 11.4 Å². The number of carbonyl (C=O) groups excluding carboxylic acids is 1. The maximum absolute atomic E-state index is 15.4. The lowest BCUT2D eigenvalue weighted by atomic mass is 9.81. The van der Waals surface area contributed by atoms with Crippen molar-refractivity contribution in [2.45, 2.75) is 51.6 Å². The van der Waals surface area contributed by atoms with Crippen molar-refractivity contribution < 1.29 is 35.9 Å². The first-order valence-corrected chi connectivity index (χ1v) is 12.3. The van der Waals surface area contributed by atoms with E-state index in [1.807, 2.05) is 4.98 Å². The Labute approximate surface area is 223 Å². The van der Waals surface area contributed by atoms with E-state index >= 15 is 4.39 Å². The van der Waals surface area contributed by atoms with Gasteiger partial charge in [-0.2, -0.15) is 17.6 Å². The van der Waals surface area contributed by atoms with Gasteiger partial charge in [-0.25, -0.2) is 13.8 Å². The van der Waals surface area contributed by atoms with Gasteiger partial charge < -0.3 is 15.0 Å². The van der Waals surface area contributed by atoms with Gasteiger partial charge in [0.15, 0.2) is 0 Å². The zero-order valence-electron chi connectivity index (χ0n) is 20.4. The fourth-order valence-electron chi connectivity index (χ4n) is 4.19. The monoisotopic (exact) mass is 573 g/mol. The van der Waals surface area contributed by atoms with E-state index in [1.54, 1.807) is 6.07 Å². The molecule has 3 aromatic rings. The van der Waals surface area contributed by atoms with Crippen LogP contribution in [0.15, 0.2) is 35.1 Å². The molecule has 39 heavy (non-hydrogen) atoms. The molecule has 13 heteroatoms. The fourth-order valence-corrected chi connectivity index (χ4v) is 4.39. The van der Waals surface area contributed by atoms with E-state index in [9.17, 15) is 31.5 Å². The molecule has 2 aromatic carbocycles. The molecule has 0 aliphatic heterocycles.